The molecule has 0 spiro atoms. The molecular formula is C11H13BO3. The fourth-order valence-electron chi connectivity index (χ4n) is 1.65. The minimum Gasteiger partial charge on any atom is -0.500 e. The van der Waals surface area contributed by atoms with E-state index in [0.717, 1.165) is 22.6 Å². The zero-order valence-corrected chi connectivity index (χ0v) is 9.11. The highest BCUT2D eigenvalue weighted by Crippen LogP contribution is 2.34. The maximum Gasteiger partial charge on any atom is 0.787 e. The van der Waals surface area contributed by atoms with E-state index in [1.165, 1.54) is 0 Å². The van der Waals surface area contributed by atoms with E-state index in [1.807, 2.05) is 38.1 Å². The summed E-state index contributed by atoms with van der Waals surface area (Å²) in [6.45, 7) is 3.96. The van der Waals surface area contributed by atoms with Crippen LogP contribution in [0.5, 0.6) is 5.75 Å². The highest BCUT2D eigenvalue weighted by atomic mass is 16.7. The third kappa shape index (κ3) is 1.73. The first-order chi connectivity index (χ1) is 7.26. The van der Waals surface area contributed by atoms with Gasteiger partial charge in [-0.25, -0.2) is 0 Å². The van der Waals surface area contributed by atoms with Crippen LogP contribution in [0.1, 0.15) is 18.1 Å². The van der Waals surface area contributed by atoms with Crippen LogP contribution in [-0.4, -0.2) is 14.4 Å². The van der Waals surface area contributed by atoms with Gasteiger partial charge >= 0.3 is 7.32 Å². The normalized spacial score (nSPS) is 17.0. The van der Waals surface area contributed by atoms with Crippen molar-refractivity contribution in [3.63, 3.8) is 0 Å². The Labute approximate surface area is 89.8 Å². The molecular weight excluding hydrogens is 191 g/mol. The van der Waals surface area contributed by atoms with Gasteiger partial charge in [-0.2, -0.15) is 0 Å². The summed E-state index contributed by atoms with van der Waals surface area (Å²) >= 11 is 0. The molecule has 0 aliphatic carbocycles. The summed E-state index contributed by atoms with van der Waals surface area (Å²) in [5, 5.41) is 0. The van der Waals surface area contributed by atoms with Crippen molar-refractivity contribution in [1.82, 2.24) is 0 Å². The lowest BCUT2D eigenvalue weighted by Crippen LogP contribution is -2.32. The highest BCUT2D eigenvalue weighted by molar-refractivity contribution is 6.39. The molecule has 4 heteroatoms. The monoisotopic (exact) mass is 204 g/mol. The van der Waals surface area contributed by atoms with Crippen LogP contribution in [0.2, 0.25) is 0 Å². The van der Waals surface area contributed by atoms with E-state index in [4.69, 9.17) is 14.0 Å². The molecule has 0 atom stereocenters. The second kappa shape index (κ2) is 3.99. The van der Waals surface area contributed by atoms with Gasteiger partial charge in [0.1, 0.15) is 11.5 Å². The summed E-state index contributed by atoms with van der Waals surface area (Å²) < 4.78 is 16.1. The summed E-state index contributed by atoms with van der Waals surface area (Å²) in [4.78, 5) is 0. The Morgan fingerprint density at radius 1 is 1.33 bits per heavy atom. The van der Waals surface area contributed by atoms with E-state index in [-0.39, 0.29) is 0 Å². The zero-order valence-electron chi connectivity index (χ0n) is 9.11. The summed E-state index contributed by atoms with van der Waals surface area (Å²) in [5.74, 6) is 1.61. The summed E-state index contributed by atoms with van der Waals surface area (Å²) in [6.07, 6.45) is 1.92. The molecule has 0 fully saturated rings. The molecule has 78 valence electrons. The van der Waals surface area contributed by atoms with Gasteiger partial charge in [0.15, 0.2) is 0 Å². The summed E-state index contributed by atoms with van der Waals surface area (Å²) in [7, 11) is 0.907. The molecule has 1 aliphatic heterocycles. The Kier molecular flexibility index (Phi) is 2.69. The highest BCUT2D eigenvalue weighted by Gasteiger charge is 2.33. The van der Waals surface area contributed by atoms with Gasteiger partial charge in [-0.15, -0.1) is 0 Å². The maximum absolute atomic E-state index is 5.51. The number of hydrogen-bond donors (Lipinski definition) is 0. The van der Waals surface area contributed by atoms with Crippen LogP contribution in [0.15, 0.2) is 24.3 Å². The molecule has 0 radical (unpaired) electrons. The van der Waals surface area contributed by atoms with E-state index in [2.05, 4.69) is 0 Å². The Balaban J connectivity index is 2.49. The van der Waals surface area contributed by atoms with Crippen LogP contribution < -0.4 is 4.65 Å². The largest absolute Gasteiger partial charge is 0.787 e. The Morgan fingerprint density at radius 2 is 2.13 bits per heavy atom. The average Bonchev–Trinajstić information content (AvgIpc) is 2.27. The Bertz CT molecular complexity index is 401. The van der Waals surface area contributed by atoms with Crippen molar-refractivity contribution in [3.8, 4) is 5.75 Å². The Hall–Kier alpha value is -1.42. The molecule has 1 aromatic carbocycles. The number of allylic oxidation sites excluding steroid dienone is 1. The molecule has 0 amide bonds. The lowest BCUT2D eigenvalue weighted by atomic mass is 10.0. The fourth-order valence-corrected chi connectivity index (χ4v) is 1.65. The van der Waals surface area contributed by atoms with Crippen molar-refractivity contribution in [1.29, 1.82) is 0 Å². The smallest absolute Gasteiger partial charge is 0.500 e. The van der Waals surface area contributed by atoms with Gasteiger partial charge < -0.3 is 14.0 Å². The third-order valence-electron chi connectivity index (χ3n) is 2.38. The number of rotatable bonds is 1. The maximum atomic E-state index is 5.51. The van der Waals surface area contributed by atoms with Crippen LogP contribution in [0.4, 0.5) is 0 Å². The predicted molar refractivity (Wildman–Crippen MR) is 59.3 cm³/mol. The van der Waals surface area contributed by atoms with Gasteiger partial charge in [0.2, 0.25) is 0 Å². The van der Waals surface area contributed by atoms with Gasteiger partial charge in [0, 0.05) is 7.11 Å². The fraction of sp³-hybridized carbons (Fsp3) is 0.273. The number of fused-ring (bicyclic) bond motifs is 1. The predicted octanol–water partition coefficient (Wildman–Crippen LogP) is 2.40. The van der Waals surface area contributed by atoms with E-state index in [0.29, 0.717) is 0 Å². The first-order valence-corrected chi connectivity index (χ1v) is 4.88. The average molecular weight is 204 g/mol. The summed E-state index contributed by atoms with van der Waals surface area (Å²) in [6, 6.07) is 5.90. The molecule has 0 N–H and O–H groups in total. The molecule has 2 rings (SSSR count). The molecule has 1 heterocycles. The minimum absolute atomic E-state index is 0.648. The second-order valence-corrected chi connectivity index (χ2v) is 3.36. The van der Waals surface area contributed by atoms with Crippen molar-refractivity contribution >= 4 is 13.1 Å². The van der Waals surface area contributed by atoms with E-state index >= 15 is 0 Å². The lowest BCUT2D eigenvalue weighted by molar-refractivity contribution is 0.222. The lowest BCUT2D eigenvalue weighted by Gasteiger charge is -2.25. The molecule has 0 bridgehead atoms. The van der Waals surface area contributed by atoms with Gasteiger partial charge in [-0.3, -0.25) is 0 Å². The number of hydrogen-bond acceptors (Lipinski definition) is 3. The molecule has 0 saturated carbocycles. The minimum atomic E-state index is -0.648. The molecule has 0 aromatic heterocycles. The van der Waals surface area contributed by atoms with Gasteiger partial charge in [0.05, 0.1) is 5.56 Å². The van der Waals surface area contributed by atoms with Crippen molar-refractivity contribution in [2.75, 3.05) is 7.11 Å². The van der Waals surface area contributed by atoms with Gasteiger partial charge in [0.25, 0.3) is 0 Å². The number of aryl methyl sites for hydroxylation is 1. The quantitative estimate of drug-likeness (QED) is 0.657. The van der Waals surface area contributed by atoms with Crippen molar-refractivity contribution in [3.05, 3.63) is 35.4 Å². The van der Waals surface area contributed by atoms with E-state index in [9.17, 15) is 0 Å². The Morgan fingerprint density at radius 3 is 2.80 bits per heavy atom. The molecule has 0 saturated heterocycles. The standard InChI is InChI=1S/C11H13BO3/c1-4-9-11-8(2)6-5-7-10(11)15-12(13-3)14-9/h4-7H,1-3H3/b9-4+. The molecule has 3 nitrogen and oxygen atoms in total. The topological polar surface area (TPSA) is 27.7 Å². The van der Waals surface area contributed by atoms with Crippen LogP contribution in [0.3, 0.4) is 0 Å². The molecule has 0 unspecified atom stereocenters. The van der Waals surface area contributed by atoms with Crippen molar-refractivity contribution in [2.45, 2.75) is 13.8 Å². The third-order valence-corrected chi connectivity index (χ3v) is 2.38. The SMILES string of the molecule is C/C=C1/OB(OC)Oc2cccc(C)c21. The van der Waals surface area contributed by atoms with E-state index < -0.39 is 7.32 Å². The molecule has 1 aliphatic rings. The van der Waals surface area contributed by atoms with Gasteiger partial charge in [-0.05, 0) is 31.6 Å². The second-order valence-electron chi connectivity index (χ2n) is 3.36. The first kappa shape index (κ1) is 10.1. The molecule has 1 aromatic rings. The van der Waals surface area contributed by atoms with Crippen LogP contribution in [0.25, 0.3) is 5.76 Å². The van der Waals surface area contributed by atoms with Crippen molar-refractivity contribution in [2.24, 2.45) is 0 Å². The molecule has 15 heavy (non-hydrogen) atoms. The van der Waals surface area contributed by atoms with Crippen LogP contribution in [-0.2, 0) is 9.31 Å². The van der Waals surface area contributed by atoms with Crippen LogP contribution in [0, 0.1) is 6.92 Å². The van der Waals surface area contributed by atoms with Gasteiger partial charge in [-0.1, -0.05) is 12.1 Å². The van der Waals surface area contributed by atoms with Crippen molar-refractivity contribution < 1.29 is 14.0 Å². The summed E-state index contributed by atoms with van der Waals surface area (Å²) in [5.41, 5.74) is 2.14. The van der Waals surface area contributed by atoms with E-state index in [1.54, 1.807) is 7.11 Å². The van der Waals surface area contributed by atoms with Crippen LogP contribution >= 0.6 is 0 Å². The number of benzene rings is 1. The zero-order chi connectivity index (χ0) is 10.8. The first-order valence-electron chi connectivity index (χ1n) is 4.88.